The summed E-state index contributed by atoms with van der Waals surface area (Å²) in [6.45, 7) is 9.46. The van der Waals surface area contributed by atoms with Crippen molar-refractivity contribution in [3.05, 3.63) is 59.9 Å². The second kappa shape index (κ2) is 13.5. The molecule has 0 fully saturated rings. The molecule has 0 atom stereocenters. The van der Waals surface area contributed by atoms with Crippen molar-refractivity contribution in [2.24, 2.45) is 0 Å². The van der Waals surface area contributed by atoms with Crippen LogP contribution in [0.4, 0.5) is 5.69 Å². The van der Waals surface area contributed by atoms with E-state index in [9.17, 15) is 9.59 Å². The summed E-state index contributed by atoms with van der Waals surface area (Å²) in [6, 6.07) is 15.0. The molecule has 10 heteroatoms. The van der Waals surface area contributed by atoms with Gasteiger partial charge in [-0.1, -0.05) is 37.7 Å². The number of amides is 2. The lowest BCUT2D eigenvalue weighted by Gasteiger charge is -2.10. The molecule has 0 saturated heterocycles. The highest BCUT2D eigenvalue weighted by molar-refractivity contribution is 7.99. The minimum atomic E-state index is -0.252. The molecule has 3 aromatic rings. The van der Waals surface area contributed by atoms with Crippen LogP contribution in [-0.2, 0) is 22.7 Å². The van der Waals surface area contributed by atoms with Crippen LogP contribution >= 0.6 is 11.8 Å². The summed E-state index contributed by atoms with van der Waals surface area (Å²) in [5, 5.41) is 14.7. The quantitative estimate of drug-likeness (QED) is 0.330. The van der Waals surface area contributed by atoms with Crippen molar-refractivity contribution in [2.75, 3.05) is 24.3 Å². The Morgan fingerprint density at radius 2 is 1.61 bits per heavy atom. The molecule has 0 spiro atoms. The van der Waals surface area contributed by atoms with Gasteiger partial charge in [0.15, 0.2) is 17.6 Å². The van der Waals surface area contributed by atoms with Gasteiger partial charge in [0, 0.05) is 12.2 Å². The van der Waals surface area contributed by atoms with Crippen LogP contribution in [0.5, 0.6) is 11.5 Å². The van der Waals surface area contributed by atoms with Crippen molar-refractivity contribution in [3.63, 3.8) is 0 Å². The van der Waals surface area contributed by atoms with E-state index in [0.29, 0.717) is 41.5 Å². The Morgan fingerprint density at radius 3 is 2.25 bits per heavy atom. The highest BCUT2D eigenvalue weighted by Gasteiger charge is 2.14. The van der Waals surface area contributed by atoms with Gasteiger partial charge in [-0.2, -0.15) is 0 Å². The average Bonchev–Trinajstić information content (AvgIpc) is 3.28. The van der Waals surface area contributed by atoms with E-state index < -0.39 is 0 Å². The van der Waals surface area contributed by atoms with Crippen LogP contribution < -0.4 is 20.1 Å². The Kier molecular flexibility index (Phi) is 10.2. The molecule has 1 aromatic heterocycles. The van der Waals surface area contributed by atoms with E-state index in [-0.39, 0.29) is 30.7 Å². The lowest BCUT2D eigenvalue weighted by atomic mass is 10.0. The molecule has 0 aliphatic rings. The molecule has 192 valence electrons. The van der Waals surface area contributed by atoms with Gasteiger partial charge in [-0.25, -0.2) is 0 Å². The first-order valence-corrected chi connectivity index (χ1v) is 12.9. The monoisotopic (exact) mass is 511 g/mol. The van der Waals surface area contributed by atoms with Crippen molar-refractivity contribution in [3.8, 4) is 11.5 Å². The topological polar surface area (TPSA) is 107 Å². The number of anilines is 1. The highest BCUT2D eigenvalue weighted by atomic mass is 32.2. The molecular formula is C26H33N5O4S. The zero-order valence-corrected chi connectivity index (χ0v) is 21.9. The predicted octanol–water partition coefficient (Wildman–Crippen LogP) is 4.25. The fourth-order valence-electron chi connectivity index (χ4n) is 3.33. The van der Waals surface area contributed by atoms with E-state index in [4.69, 9.17) is 9.47 Å². The third kappa shape index (κ3) is 8.01. The summed E-state index contributed by atoms with van der Waals surface area (Å²) in [4.78, 5) is 24.6. The maximum atomic E-state index is 12.4. The Hall–Kier alpha value is -3.53. The Labute approximate surface area is 216 Å². The Balaban J connectivity index is 1.45. The first-order valence-electron chi connectivity index (χ1n) is 12.0. The Morgan fingerprint density at radius 1 is 0.944 bits per heavy atom. The van der Waals surface area contributed by atoms with Crippen LogP contribution in [0.3, 0.4) is 0 Å². The van der Waals surface area contributed by atoms with Gasteiger partial charge in [-0.05, 0) is 61.7 Å². The zero-order valence-electron chi connectivity index (χ0n) is 21.1. The number of rotatable bonds is 13. The van der Waals surface area contributed by atoms with Crippen LogP contribution in [0.2, 0.25) is 0 Å². The average molecular weight is 512 g/mol. The van der Waals surface area contributed by atoms with Gasteiger partial charge < -0.3 is 24.7 Å². The maximum absolute atomic E-state index is 12.4. The van der Waals surface area contributed by atoms with Crippen LogP contribution in [0.15, 0.2) is 53.7 Å². The fraction of sp³-hybridized carbons (Fsp3) is 0.385. The molecule has 0 radical (unpaired) electrons. The summed E-state index contributed by atoms with van der Waals surface area (Å²) < 4.78 is 12.9. The molecule has 0 aliphatic carbocycles. The lowest BCUT2D eigenvalue weighted by molar-refractivity contribution is -0.123. The van der Waals surface area contributed by atoms with Gasteiger partial charge in [-0.15, -0.1) is 10.2 Å². The standard InChI is InChI=1S/C26H33N5O4S/c1-5-31-23(15-27-24(32)16-35-22-11-7-19(8-12-22)18(3)4)29-30-26(31)36-17-25(33)28-20-9-13-21(14-10-20)34-6-2/h7-14,18H,5-6,15-17H2,1-4H3,(H,27,32)(H,28,33). The maximum Gasteiger partial charge on any atom is 0.258 e. The highest BCUT2D eigenvalue weighted by Crippen LogP contribution is 2.20. The molecular weight excluding hydrogens is 478 g/mol. The molecule has 36 heavy (non-hydrogen) atoms. The molecule has 2 amide bonds. The summed E-state index contributed by atoms with van der Waals surface area (Å²) >= 11 is 1.29. The number of nitrogens with one attached hydrogen (secondary N) is 2. The van der Waals surface area contributed by atoms with E-state index in [1.54, 1.807) is 12.1 Å². The van der Waals surface area contributed by atoms with Gasteiger partial charge >= 0.3 is 0 Å². The number of nitrogens with zero attached hydrogens (tertiary/aromatic N) is 3. The molecule has 1 heterocycles. The molecule has 2 N–H and O–H groups in total. The first kappa shape index (κ1) is 27.1. The molecule has 0 aliphatic heterocycles. The van der Waals surface area contributed by atoms with Crippen LogP contribution in [-0.4, -0.2) is 45.5 Å². The molecule has 2 aromatic carbocycles. The summed E-state index contributed by atoms with van der Waals surface area (Å²) in [6.07, 6.45) is 0. The predicted molar refractivity (Wildman–Crippen MR) is 141 cm³/mol. The molecule has 3 rings (SSSR count). The molecule has 0 unspecified atom stereocenters. The third-order valence-electron chi connectivity index (χ3n) is 5.25. The van der Waals surface area contributed by atoms with Crippen molar-refractivity contribution in [1.82, 2.24) is 20.1 Å². The van der Waals surface area contributed by atoms with E-state index in [1.807, 2.05) is 54.8 Å². The summed E-state index contributed by atoms with van der Waals surface area (Å²) in [5.41, 5.74) is 1.91. The lowest BCUT2D eigenvalue weighted by Crippen LogP contribution is -2.29. The van der Waals surface area contributed by atoms with Crippen LogP contribution in [0, 0.1) is 0 Å². The number of thioether (sulfide) groups is 1. The molecule has 0 saturated carbocycles. The minimum Gasteiger partial charge on any atom is -0.494 e. The van der Waals surface area contributed by atoms with Crippen LogP contribution in [0.1, 0.15) is 45.0 Å². The second-order valence-electron chi connectivity index (χ2n) is 8.23. The number of carbonyl (C=O) groups is 2. The fourth-order valence-corrected chi connectivity index (χ4v) is 4.15. The minimum absolute atomic E-state index is 0.0887. The van der Waals surface area contributed by atoms with Gasteiger partial charge in [0.05, 0.1) is 18.9 Å². The number of carbonyl (C=O) groups excluding carboxylic acids is 2. The number of ether oxygens (including phenoxy) is 2. The third-order valence-corrected chi connectivity index (χ3v) is 6.22. The van der Waals surface area contributed by atoms with E-state index in [2.05, 4.69) is 34.7 Å². The molecule has 9 nitrogen and oxygen atoms in total. The number of hydrogen-bond donors (Lipinski definition) is 2. The number of benzene rings is 2. The normalized spacial score (nSPS) is 10.8. The zero-order chi connectivity index (χ0) is 25.9. The van der Waals surface area contributed by atoms with Crippen molar-refractivity contribution >= 4 is 29.3 Å². The first-order chi connectivity index (χ1) is 17.4. The molecule has 0 bridgehead atoms. The van der Waals surface area contributed by atoms with E-state index >= 15 is 0 Å². The van der Waals surface area contributed by atoms with Gasteiger partial charge in [0.2, 0.25) is 5.91 Å². The van der Waals surface area contributed by atoms with Gasteiger partial charge in [0.1, 0.15) is 11.5 Å². The smallest absolute Gasteiger partial charge is 0.258 e. The SMILES string of the molecule is CCOc1ccc(NC(=O)CSc2nnc(CNC(=O)COc3ccc(C(C)C)cc3)n2CC)cc1. The second-order valence-corrected chi connectivity index (χ2v) is 9.17. The van der Waals surface area contributed by atoms with Crippen molar-refractivity contribution < 1.29 is 19.1 Å². The Bertz CT molecular complexity index is 1130. The van der Waals surface area contributed by atoms with Crippen molar-refractivity contribution in [1.29, 1.82) is 0 Å². The van der Waals surface area contributed by atoms with Gasteiger partial charge in [0.25, 0.3) is 5.91 Å². The van der Waals surface area contributed by atoms with Crippen molar-refractivity contribution in [2.45, 2.75) is 51.9 Å². The van der Waals surface area contributed by atoms with Gasteiger partial charge in [-0.3, -0.25) is 9.59 Å². The van der Waals surface area contributed by atoms with E-state index in [0.717, 1.165) is 5.75 Å². The number of hydrogen-bond acceptors (Lipinski definition) is 7. The summed E-state index contributed by atoms with van der Waals surface area (Å²) in [7, 11) is 0. The van der Waals surface area contributed by atoms with E-state index in [1.165, 1.54) is 17.3 Å². The van der Waals surface area contributed by atoms with Crippen LogP contribution in [0.25, 0.3) is 0 Å². The number of aromatic nitrogens is 3. The summed E-state index contributed by atoms with van der Waals surface area (Å²) in [5.74, 6) is 2.23. The largest absolute Gasteiger partial charge is 0.494 e.